The summed E-state index contributed by atoms with van der Waals surface area (Å²) in [5.41, 5.74) is 5.67. The van der Waals surface area contributed by atoms with Crippen molar-refractivity contribution in [3.8, 4) is 11.5 Å². The molecule has 0 radical (unpaired) electrons. The van der Waals surface area contributed by atoms with Crippen molar-refractivity contribution in [3.05, 3.63) is 23.8 Å². The number of carbonyl (C=O) groups is 1. The molecule has 0 bridgehead atoms. The molecule has 0 saturated carbocycles. The lowest BCUT2D eigenvalue weighted by molar-refractivity contribution is 0.0785. The zero-order chi connectivity index (χ0) is 14.4. The third-order valence-corrected chi connectivity index (χ3v) is 2.58. The van der Waals surface area contributed by atoms with E-state index in [-0.39, 0.29) is 29.8 Å². The van der Waals surface area contributed by atoms with Gasteiger partial charge < -0.3 is 25.7 Å². The van der Waals surface area contributed by atoms with Gasteiger partial charge in [-0.15, -0.1) is 0 Å². The van der Waals surface area contributed by atoms with Gasteiger partial charge in [0, 0.05) is 12.1 Å². The van der Waals surface area contributed by atoms with Crippen LogP contribution in [0.4, 0.5) is 0 Å². The molecule has 0 fully saturated rings. The molecule has 1 aromatic carbocycles. The van der Waals surface area contributed by atoms with Crippen molar-refractivity contribution in [2.45, 2.75) is 6.92 Å². The van der Waals surface area contributed by atoms with E-state index in [4.69, 9.17) is 15.7 Å². The zero-order valence-electron chi connectivity index (χ0n) is 10.8. The van der Waals surface area contributed by atoms with Crippen LogP contribution in [0.15, 0.2) is 23.4 Å². The Hall–Kier alpha value is -2.44. The highest BCUT2D eigenvalue weighted by molar-refractivity contribution is 5.97. The summed E-state index contributed by atoms with van der Waals surface area (Å²) in [6.07, 6.45) is 0. The first-order chi connectivity index (χ1) is 9.03. The van der Waals surface area contributed by atoms with Gasteiger partial charge in [-0.05, 0) is 25.1 Å². The average molecular weight is 267 g/mol. The van der Waals surface area contributed by atoms with Crippen LogP contribution in [-0.2, 0) is 0 Å². The molecular formula is C12H17N3O4. The molecule has 0 aliphatic carbocycles. The van der Waals surface area contributed by atoms with Crippen molar-refractivity contribution in [3.63, 3.8) is 0 Å². The average Bonchev–Trinajstić information content (AvgIpc) is 2.43. The topological polar surface area (TPSA) is 108 Å². The fraction of sp³-hybridized carbons (Fsp3) is 0.333. The monoisotopic (exact) mass is 267 g/mol. The third kappa shape index (κ3) is 3.51. The third-order valence-electron chi connectivity index (χ3n) is 2.58. The van der Waals surface area contributed by atoms with Crippen LogP contribution in [0.25, 0.3) is 0 Å². The van der Waals surface area contributed by atoms with Crippen molar-refractivity contribution in [2.75, 3.05) is 20.2 Å². The first-order valence-corrected chi connectivity index (χ1v) is 5.66. The first-order valence-electron chi connectivity index (χ1n) is 5.66. The maximum absolute atomic E-state index is 12.2. The van der Waals surface area contributed by atoms with Crippen LogP contribution >= 0.6 is 0 Å². The molecule has 1 rings (SSSR count). The van der Waals surface area contributed by atoms with E-state index >= 15 is 0 Å². The quantitative estimate of drug-likeness (QED) is 0.313. The Bertz CT molecular complexity index is 488. The number of phenols is 1. The number of phenolic OH excluding ortho intramolecular Hbond substituents is 1. The molecule has 7 nitrogen and oxygen atoms in total. The number of ether oxygens (including phenoxy) is 1. The SMILES string of the molecule is CCN(CC(N)=NO)C(=O)c1ccc(OC)c(O)c1. The van der Waals surface area contributed by atoms with Crippen molar-refractivity contribution in [1.82, 2.24) is 4.90 Å². The van der Waals surface area contributed by atoms with E-state index in [9.17, 15) is 9.90 Å². The number of oxime groups is 1. The predicted octanol–water partition coefficient (Wildman–Crippen LogP) is 0.609. The molecule has 0 aliphatic heterocycles. The molecule has 0 aliphatic rings. The lowest BCUT2D eigenvalue weighted by Gasteiger charge is -2.20. The summed E-state index contributed by atoms with van der Waals surface area (Å²) in [7, 11) is 1.42. The highest BCUT2D eigenvalue weighted by atomic mass is 16.5. The highest BCUT2D eigenvalue weighted by Crippen LogP contribution is 2.26. The second-order valence-corrected chi connectivity index (χ2v) is 3.80. The molecule has 19 heavy (non-hydrogen) atoms. The fourth-order valence-electron chi connectivity index (χ4n) is 1.56. The van der Waals surface area contributed by atoms with E-state index in [2.05, 4.69) is 5.16 Å². The summed E-state index contributed by atoms with van der Waals surface area (Å²) in [5.74, 6) is -0.218. The lowest BCUT2D eigenvalue weighted by atomic mass is 10.1. The van der Waals surface area contributed by atoms with Crippen LogP contribution < -0.4 is 10.5 Å². The fourth-order valence-corrected chi connectivity index (χ4v) is 1.56. The number of likely N-dealkylation sites (N-methyl/N-ethyl adjacent to an activating group) is 1. The van der Waals surface area contributed by atoms with E-state index in [1.54, 1.807) is 6.92 Å². The second-order valence-electron chi connectivity index (χ2n) is 3.80. The summed E-state index contributed by atoms with van der Waals surface area (Å²) in [4.78, 5) is 13.5. The summed E-state index contributed by atoms with van der Waals surface area (Å²) < 4.78 is 4.90. The Morgan fingerprint density at radius 3 is 2.68 bits per heavy atom. The van der Waals surface area contributed by atoms with Gasteiger partial charge in [-0.3, -0.25) is 4.79 Å². The lowest BCUT2D eigenvalue weighted by Crippen LogP contribution is -2.38. The van der Waals surface area contributed by atoms with Gasteiger partial charge >= 0.3 is 0 Å². The van der Waals surface area contributed by atoms with E-state index in [1.807, 2.05) is 0 Å². The molecular weight excluding hydrogens is 250 g/mol. The summed E-state index contributed by atoms with van der Waals surface area (Å²) in [6.45, 7) is 2.17. The predicted molar refractivity (Wildman–Crippen MR) is 69.6 cm³/mol. The molecule has 7 heteroatoms. The van der Waals surface area contributed by atoms with Crippen LogP contribution in [0, 0.1) is 0 Å². The molecule has 0 aromatic heterocycles. The summed E-state index contributed by atoms with van der Waals surface area (Å²) in [5, 5.41) is 21.0. The van der Waals surface area contributed by atoms with E-state index in [0.717, 1.165) is 0 Å². The van der Waals surface area contributed by atoms with Gasteiger partial charge in [0.25, 0.3) is 5.91 Å². The van der Waals surface area contributed by atoms with Crippen molar-refractivity contribution in [2.24, 2.45) is 10.9 Å². The van der Waals surface area contributed by atoms with Crippen molar-refractivity contribution in [1.29, 1.82) is 0 Å². The molecule has 1 amide bonds. The smallest absolute Gasteiger partial charge is 0.254 e. The number of amidine groups is 1. The minimum absolute atomic E-state index is 0.0125. The molecule has 0 atom stereocenters. The van der Waals surface area contributed by atoms with Crippen LogP contribution in [0.2, 0.25) is 0 Å². The molecule has 4 N–H and O–H groups in total. The molecule has 104 valence electrons. The van der Waals surface area contributed by atoms with Crippen LogP contribution in [0.3, 0.4) is 0 Å². The minimum Gasteiger partial charge on any atom is -0.504 e. The number of hydrogen-bond acceptors (Lipinski definition) is 5. The van der Waals surface area contributed by atoms with Crippen LogP contribution in [0.1, 0.15) is 17.3 Å². The molecule has 0 spiro atoms. The van der Waals surface area contributed by atoms with Crippen molar-refractivity contribution < 1.29 is 19.8 Å². The standard InChI is InChI=1S/C12H17N3O4/c1-3-15(7-11(13)14-18)12(17)8-4-5-10(19-2)9(16)6-8/h4-6,16,18H,3,7H2,1-2H3,(H2,13,14). The number of benzene rings is 1. The largest absolute Gasteiger partial charge is 0.504 e. The number of amides is 1. The van der Waals surface area contributed by atoms with Gasteiger partial charge in [-0.1, -0.05) is 5.16 Å². The number of hydrogen-bond donors (Lipinski definition) is 3. The number of carbonyl (C=O) groups excluding carboxylic acids is 1. The highest BCUT2D eigenvalue weighted by Gasteiger charge is 2.17. The number of methoxy groups -OCH3 is 1. The number of nitrogens with two attached hydrogens (primary N) is 1. The Balaban J connectivity index is 2.94. The number of aromatic hydroxyl groups is 1. The number of rotatable bonds is 5. The van der Waals surface area contributed by atoms with Crippen LogP contribution in [0.5, 0.6) is 11.5 Å². The van der Waals surface area contributed by atoms with Crippen molar-refractivity contribution >= 4 is 11.7 Å². The maximum atomic E-state index is 12.2. The molecule has 0 unspecified atom stereocenters. The van der Waals surface area contributed by atoms with E-state index in [0.29, 0.717) is 12.1 Å². The van der Waals surface area contributed by atoms with Gasteiger partial charge in [-0.25, -0.2) is 0 Å². The molecule has 0 saturated heterocycles. The Labute approximate surface area is 110 Å². The van der Waals surface area contributed by atoms with Gasteiger partial charge in [0.2, 0.25) is 0 Å². The van der Waals surface area contributed by atoms with E-state index in [1.165, 1.54) is 30.2 Å². The maximum Gasteiger partial charge on any atom is 0.254 e. The molecule has 1 aromatic rings. The first kappa shape index (κ1) is 14.6. The van der Waals surface area contributed by atoms with Crippen LogP contribution in [-0.4, -0.2) is 47.2 Å². The zero-order valence-corrected chi connectivity index (χ0v) is 10.8. The molecule has 0 heterocycles. The van der Waals surface area contributed by atoms with Gasteiger partial charge in [0.05, 0.1) is 13.7 Å². The number of nitrogens with zero attached hydrogens (tertiary/aromatic N) is 2. The minimum atomic E-state index is -0.327. The second kappa shape index (κ2) is 6.48. The van der Waals surface area contributed by atoms with Gasteiger partial charge in [0.15, 0.2) is 17.3 Å². The summed E-state index contributed by atoms with van der Waals surface area (Å²) in [6, 6.07) is 4.35. The Morgan fingerprint density at radius 2 is 2.21 bits per heavy atom. The van der Waals surface area contributed by atoms with Gasteiger partial charge in [0.1, 0.15) is 0 Å². The Kier molecular flexibility index (Phi) is 4.99. The van der Waals surface area contributed by atoms with Gasteiger partial charge in [-0.2, -0.15) is 0 Å². The summed E-state index contributed by atoms with van der Waals surface area (Å²) >= 11 is 0. The normalized spacial score (nSPS) is 11.2. The van der Waals surface area contributed by atoms with E-state index < -0.39 is 0 Å². The Morgan fingerprint density at radius 1 is 1.53 bits per heavy atom.